The van der Waals surface area contributed by atoms with E-state index in [9.17, 15) is 9.90 Å². The van der Waals surface area contributed by atoms with E-state index in [4.69, 9.17) is 0 Å². The molecule has 2 aromatic carbocycles. The molecule has 160 valence electrons. The summed E-state index contributed by atoms with van der Waals surface area (Å²) in [6.45, 7) is 6.92. The lowest BCUT2D eigenvalue weighted by molar-refractivity contribution is 0.179. The number of anilines is 4. The number of amides is 2. The normalized spacial score (nSPS) is 16.4. The third kappa shape index (κ3) is 4.52. The predicted molar refractivity (Wildman–Crippen MR) is 133 cm³/mol. The number of carbonyl (C=O) groups is 1. The quantitative estimate of drug-likeness (QED) is 0.298. The summed E-state index contributed by atoms with van der Waals surface area (Å²) >= 11 is 1.96. The number of hydrogen-bond donors (Lipinski definition) is 3. The van der Waals surface area contributed by atoms with Crippen LogP contribution in [0, 0.1) is 0 Å². The number of pyridine rings is 1. The van der Waals surface area contributed by atoms with Crippen molar-refractivity contribution in [2.24, 2.45) is 0 Å². The van der Waals surface area contributed by atoms with E-state index in [2.05, 4.69) is 52.6 Å². The van der Waals surface area contributed by atoms with Crippen molar-refractivity contribution >= 4 is 51.5 Å². The minimum Gasteiger partial charge on any atom is -0.376 e. The van der Waals surface area contributed by atoms with Crippen LogP contribution in [0.3, 0.4) is 0 Å². The Kier molecular flexibility index (Phi) is 5.65. The highest BCUT2D eigenvalue weighted by atomic mass is 127. The summed E-state index contributed by atoms with van der Waals surface area (Å²) in [7, 11) is 0. The van der Waals surface area contributed by atoms with Crippen LogP contribution in [-0.2, 0) is 9.02 Å². The van der Waals surface area contributed by atoms with E-state index in [1.54, 1.807) is 37.4 Å². The number of aromatic nitrogens is 1. The molecule has 1 aromatic heterocycles. The van der Waals surface area contributed by atoms with Crippen molar-refractivity contribution in [3.05, 3.63) is 78.0 Å². The minimum absolute atomic E-state index is 0.0186. The Morgan fingerprint density at radius 1 is 1.10 bits per heavy atom. The molecular formula is C24H25IN4O2. The first-order valence-electron chi connectivity index (χ1n) is 10.1. The van der Waals surface area contributed by atoms with Gasteiger partial charge in [-0.15, -0.1) is 0 Å². The van der Waals surface area contributed by atoms with E-state index >= 15 is 0 Å². The molecule has 1 atom stereocenters. The maximum Gasteiger partial charge on any atom is 0.323 e. The Morgan fingerprint density at radius 2 is 1.81 bits per heavy atom. The number of carbonyl (C=O) groups excluding carboxylic acids is 1. The van der Waals surface area contributed by atoms with Crippen LogP contribution in [-0.4, -0.2) is 22.7 Å². The molecule has 6 nitrogen and oxygen atoms in total. The fraction of sp³-hybridized carbons (Fsp3) is 0.250. The molecule has 3 N–H and O–H groups in total. The van der Waals surface area contributed by atoms with Gasteiger partial charge in [0, 0.05) is 29.5 Å². The van der Waals surface area contributed by atoms with E-state index in [1.807, 2.05) is 40.8 Å². The predicted octanol–water partition coefficient (Wildman–Crippen LogP) is 5.75. The van der Waals surface area contributed by atoms with E-state index in [0.717, 1.165) is 17.8 Å². The molecule has 0 radical (unpaired) electrons. The molecule has 4 rings (SSSR count). The summed E-state index contributed by atoms with van der Waals surface area (Å²) < 4.78 is -0.955. The van der Waals surface area contributed by atoms with E-state index in [0.29, 0.717) is 17.2 Å². The van der Waals surface area contributed by atoms with Crippen LogP contribution in [0.25, 0.3) is 0 Å². The van der Waals surface area contributed by atoms with Crippen LogP contribution >= 0.6 is 22.6 Å². The summed E-state index contributed by atoms with van der Waals surface area (Å²) in [5.41, 5.74) is 4.40. The largest absolute Gasteiger partial charge is 0.376 e. The van der Waals surface area contributed by atoms with Crippen LogP contribution in [0.15, 0.2) is 66.9 Å². The van der Waals surface area contributed by atoms with Gasteiger partial charge in [0.05, 0.1) is 5.69 Å². The van der Waals surface area contributed by atoms with Crippen molar-refractivity contribution in [1.29, 1.82) is 0 Å². The molecule has 31 heavy (non-hydrogen) atoms. The second-order valence-electron chi connectivity index (χ2n) is 8.47. The van der Waals surface area contributed by atoms with Crippen molar-refractivity contribution in [2.45, 2.75) is 29.8 Å². The molecular weight excluding hydrogens is 503 g/mol. The second kappa shape index (κ2) is 8.12. The standard InChI is InChI=1S/C24H25IN4O2/c1-23(2)15-29(20-9-5-4-7-18(20)23)21-19(8-6-14-26-21)28-22(30)27-17-12-10-16(11-13-17)24(3,25)31/h4-14,31H,15H2,1-3H3,(H2,27,28,30). The van der Waals surface area contributed by atoms with Gasteiger partial charge in [0.15, 0.2) is 5.82 Å². The molecule has 1 aliphatic rings. The van der Waals surface area contributed by atoms with E-state index in [1.165, 1.54) is 5.56 Å². The topological polar surface area (TPSA) is 77.5 Å². The fourth-order valence-corrected chi connectivity index (χ4v) is 4.25. The number of nitrogens with zero attached hydrogens (tertiary/aromatic N) is 2. The molecule has 7 heteroatoms. The minimum atomic E-state index is -0.955. The van der Waals surface area contributed by atoms with E-state index < -0.39 is 3.61 Å². The van der Waals surface area contributed by atoms with Crippen molar-refractivity contribution in [3.63, 3.8) is 0 Å². The van der Waals surface area contributed by atoms with Crippen LogP contribution in [0.4, 0.5) is 27.7 Å². The lowest BCUT2D eigenvalue weighted by Gasteiger charge is -2.24. The summed E-state index contributed by atoms with van der Waals surface area (Å²) in [5, 5.41) is 15.8. The zero-order chi connectivity index (χ0) is 22.2. The number of aliphatic hydroxyl groups is 1. The molecule has 0 bridgehead atoms. The number of hydrogen-bond acceptors (Lipinski definition) is 4. The Bertz CT molecular complexity index is 1110. The highest BCUT2D eigenvalue weighted by Gasteiger charge is 2.36. The van der Waals surface area contributed by atoms with Gasteiger partial charge in [-0.25, -0.2) is 9.78 Å². The number of rotatable bonds is 4. The first-order valence-corrected chi connectivity index (χ1v) is 11.1. The molecule has 0 fully saturated rings. The molecule has 3 aromatic rings. The fourth-order valence-electron chi connectivity index (χ4n) is 3.89. The first kappa shape index (κ1) is 21.6. The zero-order valence-electron chi connectivity index (χ0n) is 17.7. The summed E-state index contributed by atoms with van der Waals surface area (Å²) in [4.78, 5) is 19.4. The first-order chi connectivity index (χ1) is 14.6. The van der Waals surface area contributed by atoms with Crippen LogP contribution < -0.4 is 15.5 Å². The van der Waals surface area contributed by atoms with Gasteiger partial charge < -0.3 is 20.6 Å². The van der Waals surface area contributed by atoms with E-state index in [-0.39, 0.29) is 11.4 Å². The molecule has 1 aliphatic heterocycles. The van der Waals surface area contributed by atoms with Gasteiger partial charge in [-0.3, -0.25) is 0 Å². The van der Waals surface area contributed by atoms with Gasteiger partial charge in [0.2, 0.25) is 0 Å². The Balaban J connectivity index is 1.54. The highest BCUT2D eigenvalue weighted by molar-refractivity contribution is 14.1. The number of nitrogens with one attached hydrogen (secondary N) is 2. The Hall–Kier alpha value is -2.65. The van der Waals surface area contributed by atoms with Crippen LogP contribution in [0.2, 0.25) is 0 Å². The number of para-hydroxylation sites is 1. The highest BCUT2D eigenvalue weighted by Crippen LogP contribution is 2.45. The van der Waals surface area contributed by atoms with Gasteiger partial charge >= 0.3 is 6.03 Å². The molecule has 2 amide bonds. The zero-order valence-corrected chi connectivity index (χ0v) is 19.8. The van der Waals surface area contributed by atoms with Crippen LogP contribution in [0.5, 0.6) is 0 Å². The number of halogens is 1. The molecule has 0 saturated heterocycles. The van der Waals surface area contributed by atoms with Gasteiger partial charge in [0.1, 0.15) is 3.61 Å². The monoisotopic (exact) mass is 528 g/mol. The van der Waals surface area contributed by atoms with Gasteiger partial charge in [-0.2, -0.15) is 0 Å². The molecule has 1 unspecified atom stereocenters. The number of alkyl halides is 1. The maximum absolute atomic E-state index is 12.7. The van der Waals surface area contributed by atoms with Crippen molar-refractivity contribution < 1.29 is 9.90 Å². The summed E-state index contributed by atoms with van der Waals surface area (Å²) in [6.07, 6.45) is 1.74. The summed E-state index contributed by atoms with van der Waals surface area (Å²) in [5.74, 6) is 0.715. The van der Waals surface area contributed by atoms with Gasteiger partial charge in [-0.1, -0.05) is 44.2 Å². The molecule has 0 spiro atoms. The lowest BCUT2D eigenvalue weighted by atomic mass is 9.87. The molecule has 0 aliphatic carbocycles. The Morgan fingerprint density at radius 3 is 2.52 bits per heavy atom. The molecule has 2 heterocycles. The average Bonchev–Trinajstić information content (AvgIpc) is 2.99. The second-order valence-corrected chi connectivity index (χ2v) is 10.6. The van der Waals surface area contributed by atoms with Gasteiger partial charge in [0.25, 0.3) is 0 Å². The lowest BCUT2D eigenvalue weighted by Crippen LogP contribution is -2.27. The number of urea groups is 1. The Labute approximate surface area is 195 Å². The summed E-state index contributed by atoms with van der Waals surface area (Å²) in [6, 6.07) is 18.7. The third-order valence-corrected chi connectivity index (χ3v) is 6.06. The van der Waals surface area contributed by atoms with Crippen molar-refractivity contribution in [2.75, 3.05) is 22.1 Å². The van der Waals surface area contributed by atoms with Crippen LogP contribution in [0.1, 0.15) is 31.9 Å². The number of benzene rings is 2. The number of fused-ring (bicyclic) bond motifs is 1. The van der Waals surface area contributed by atoms with Crippen molar-refractivity contribution in [3.8, 4) is 0 Å². The maximum atomic E-state index is 12.7. The average molecular weight is 528 g/mol. The third-order valence-electron chi connectivity index (χ3n) is 5.44. The smallest absolute Gasteiger partial charge is 0.323 e. The molecule has 0 saturated carbocycles. The van der Waals surface area contributed by atoms with Crippen molar-refractivity contribution in [1.82, 2.24) is 4.98 Å². The van der Waals surface area contributed by atoms with Gasteiger partial charge in [-0.05, 0) is 71.0 Å². The SMILES string of the molecule is CC(O)(I)c1ccc(NC(=O)Nc2cccnc2N2CC(C)(C)c3ccccc32)cc1.